The molecule has 0 amide bonds. The van der Waals surface area contributed by atoms with Crippen LogP contribution in [0.3, 0.4) is 0 Å². The molecule has 0 aromatic rings. The molecule has 0 radical (unpaired) electrons. The Hall–Kier alpha value is 0. The molecule has 0 aromatic heterocycles. The van der Waals surface area contributed by atoms with Crippen LogP contribution in [-0.2, 0) is 0 Å². The maximum absolute atomic E-state index is 2.30. The van der Waals surface area contributed by atoms with Crippen LogP contribution in [0.5, 0.6) is 0 Å². The highest BCUT2D eigenvalue weighted by molar-refractivity contribution is 4.76. The molecule has 15 heavy (non-hydrogen) atoms. The van der Waals surface area contributed by atoms with E-state index in [4.69, 9.17) is 0 Å². The van der Waals surface area contributed by atoms with Gasteiger partial charge < -0.3 is 0 Å². The van der Waals surface area contributed by atoms with Crippen molar-refractivity contribution >= 4 is 0 Å². The molecule has 0 nitrogen and oxygen atoms in total. The Balaban J connectivity index is -0.0000000295. The summed E-state index contributed by atoms with van der Waals surface area (Å²) in [6.07, 6.45) is 1.47. The normalized spacial score (nSPS) is 18.4. The first-order valence-electron chi connectivity index (χ1n) is 7.30. The molecule has 1 aliphatic rings. The van der Waals surface area contributed by atoms with E-state index in [1.54, 1.807) is 0 Å². The minimum Gasteiger partial charge on any atom is -0.0683 e. The summed E-state index contributed by atoms with van der Waals surface area (Å²) in [5, 5.41) is 0. The predicted octanol–water partition coefficient (Wildman–Crippen LogP) is 6.79. The quantitative estimate of drug-likeness (QED) is 0.421. The van der Waals surface area contributed by atoms with Crippen LogP contribution >= 0.6 is 0 Å². The van der Waals surface area contributed by atoms with Crippen molar-refractivity contribution in [3.8, 4) is 0 Å². The minimum absolute atomic E-state index is 1.05. The zero-order chi connectivity index (χ0) is 13.9. The van der Waals surface area contributed by atoms with Crippen LogP contribution in [-0.4, -0.2) is 0 Å². The summed E-state index contributed by atoms with van der Waals surface area (Å²) in [6.45, 7) is 24.6. The van der Waals surface area contributed by atoms with Gasteiger partial charge in [-0.2, -0.15) is 0 Å². The van der Waals surface area contributed by atoms with E-state index in [0.29, 0.717) is 0 Å². The molecule has 1 saturated carbocycles. The standard InChI is InChI=1S/C5H10.5C2H6/c1-4-3-5(4)2;5*1-2/h4-5H,3H2,1-2H3;5*1-2H3. The fourth-order valence-electron chi connectivity index (χ4n) is 0.508. The summed E-state index contributed by atoms with van der Waals surface area (Å²) in [7, 11) is 0. The summed E-state index contributed by atoms with van der Waals surface area (Å²) < 4.78 is 0. The van der Waals surface area contributed by atoms with E-state index in [-0.39, 0.29) is 0 Å². The van der Waals surface area contributed by atoms with Gasteiger partial charge in [0.05, 0.1) is 0 Å². The molecule has 0 aromatic carbocycles. The van der Waals surface area contributed by atoms with Crippen molar-refractivity contribution in [2.24, 2.45) is 11.8 Å². The fraction of sp³-hybridized carbons (Fsp3) is 1.00. The molecule has 0 heteroatoms. The highest BCUT2D eigenvalue weighted by atomic mass is 14.3. The van der Waals surface area contributed by atoms with Gasteiger partial charge in [0.25, 0.3) is 0 Å². The van der Waals surface area contributed by atoms with Crippen molar-refractivity contribution in [2.45, 2.75) is 89.5 Å². The molecule has 1 rings (SSSR count). The fourth-order valence-corrected chi connectivity index (χ4v) is 0.508. The molecular formula is C15H40. The number of hydrogen-bond acceptors (Lipinski definition) is 0. The lowest BCUT2D eigenvalue weighted by molar-refractivity contribution is 0.834. The molecule has 0 saturated heterocycles. The molecule has 1 fully saturated rings. The molecule has 0 bridgehead atoms. The van der Waals surface area contributed by atoms with Gasteiger partial charge in [-0.1, -0.05) is 83.1 Å². The number of hydrogen-bond donors (Lipinski definition) is 0. The molecule has 100 valence electrons. The van der Waals surface area contributed by atoms with Gasteiger partial charge >= 0.3 is 0 Å². The first-order valence-corrected chi connectivity index (χ1v) is 7.30. The second-order valence-electron chi connectivity index (χ2n) is 2.19. The van der Waals surface area contributed by atoms with Crippen molar-refractivity contribution in [1.29, 1.82) is 0 Å². The smallest absolute Gasteiger partial charge is 0.0414 e. The van der Waals surface area contributed by atoms with E-state index in [9.17, 15) is 0 Å². The summed E-state index contributed by atoms with van der Waals surface area (Å²) >= 11 is 0. The van der Waals surface area contributed by atoms with E-state index in [2.05, 4.69) is 13.8 Å². The Bertz CT molecular complexity index is 33.3. The van der Waals surface area contributed by atoms with Crippen LogP contribution < -0.4 is 0 Å². The topological polar surface area (TPSA) is 0 Å². The third kappa shape index (κ3) is 56.0. The number of rotatable bonds is 0. The Kier molecular flexibility index (Phi) is 94.6. The lowest BCUT2D eigenvalue weighted by atomic mass is 10.4. The van der Waals surface area contributed by atoms with Gasteiger partial charge in [-0.15, -0.1) is 0 Å². The SMILES string of the molecule is CC.CC.CC.CC.CC.CC1CC1C. The maximum Gasteiger partial charge on any atom is -0.0414 e. The van der Waals surface area contributed by atoms with Gasteiger partial charge in [-0.25, -0.2) is 0 Å². The molecule has 0 heterocycles. The maximum atomic E-state index is 2.30. The van der Waals surface area contributed by atoms with Crippen LogP contribution in [0.15, 0.2) is 0 Å². The first kappa shape index (κ1) is 29.4. The molecule has 0 aliphatic heterocycles. The Morgan fingerprint density at radius 1 is 0.467 bits per heavy atom. The van der Waals surface area contributed by atoms with Crippen LogP contribution in [0.2, 0.25) is 0 Å². The summed E-state index contributed by atoms with van der Waals surface area (Å²) in [5.41, 5.74) is 0. The van der Waals surface area contributed by atoms with Gasteiger partial charge in [-0.05, 0) is 18.3 Å². The largest absolute Gasteiger partial charge is 0.0683 e. The summed E-state index contributed by atoms with van der Waals surface area (Å²) in [5.74, 6) is 2.10. The highest BCUT2D eigenvalue weighted by Crippen LogP contribution is 2.36. The second kappa shape index (κ2) is 48.3. The lowest BCUT2D eigenvalue weighted by Gasteiger charge is -1.66. The Morgan fingerprint density at radius 2 is 0.533 bits per heavy atom. The van der Waals surface area contributed by atoms with Gasteiger partial charge in [0, 0.05) is 0 Å². The van der Waals surface area contributed by atoms with Crippen LogP contribution in [0.25, 0.3) is 0 Å². The van der Waals surface area contributed by atoms with Gasteiger partial charge in [0.15, 0.2) is 0 Å². The first-order chi connectivity index (χ1) is 7.30. The van der Waals surface area contributed by atoms with E-state index in [0.717, 1.165) is 11.8 Å². The van der Waals surface area contributed by atoms with Crippen molar-refractivity contribution in [3.05, 3.63) is 0 Å². The van der Waals surface area contributed by atoms with Crippen LogP contribution in [0, 0.1) is 11.8 Å². The molecule has 2 atom stereocenters. The van der Waals surface area contributed by atoms with E-state index >= 15 is 0 Å². The molecule has 0 N–H and O–H groups in total. The summed E-state index contributed by atoms with van der Waals surface area (Å²) in [6, 6.07) is 0. The monoisotopic (exact) mass is 220 g/mol. The molecule has 0 spiro atoms. The summed E-state index contributed by atoms with van der Waals surface area (Å²) in [4.78, 5) is 0. The van der Waals surface area contributed by atoms with Gasteiger partial charge in [0.1, 0.15) is 0 Å². The lowest BCUT2D eigenvalue weighted by Crippen LogP contribution is -1.58. The van der Waals surface area contributed by atoms with Gasteiger partial charge in [-0.3, -0.25) is 0 Å². The average molecular weight is 220 g/mol. The third-order valence-electron chi connectivity index (χ3n) is 1.51. The van der Waals surface area contributed by atoms with Crippen molar-refractivity contribution in [1.82, 2.24) is 0 Å². The molecular weight excluding hydrogens is 180 g/mol. The van der Waals surface area contributed by atoms with E-state index in [1.807, 2.05) is 69.2 Å². The Labute approximate surface area is 102 Å². The minimum atomic E-state index is 1.05. The van der Waals surface area contributed by atoms with Crippen molar-refractivity contribution in [2.75, 3.05) is 0 Å². The van der Waals surface area contributed by atoms with Gasteiger partial charge in [0.2, 0.25) is 0 Å². The molecule has 1 aliphatic carbocycles. The van der Waals surface area contributed by atoms with Crippen LogP contribution in [0.1, 0.15) is 89.5 Å². The zero-order valence-electron chi connectivity index (χ0n) is 13.9. The Morgan fingerprint density at radius 3 is 0.533 bits per heavy atom. The zero-order valence-corrected chi connectivity index (χ0v) is 13.9. The third-order valence-corrected chi connectivity index (χ3v) is 1.51. The second-order valence-corrected chi connectivity index (χ2v) is 2.19. The highest BCUT2D eigenvalue weighted by Gasteiger charge is 2.26. The molecule has 2 unspecified atom stereocenters. The van der Waals surface area contributed by atoms with Crippen molar-refractivity contribution < 1.29 is 0 Å². The van der Waals surface area contributed by atoms with E-state index in [1.165, 1.54) is 6.42 Å². The van der Waals surface area contributed by atoms with Crippen LogP contribution in [0.4, 0.5) is 0 Å². The van der Waals surface area contributed by atoms with Crippen molar-refractivity contribution in [3.63, 3.8) is 0 Å². The predicted molar refractivity (Wildman–Crippen MR) is 79.7 cm³/mol. The average Bonchev–Trinajstić information content (AvgIpc) is 3.05. The van der Waals surface area contributed by atoms with E-state index < -0.39 is 0 Å².